The van der Waals surface area contributed by atoms with Gasteiger partial charge >= 0.3 is 6.09 Å². The third-order valence-corrected chi connectivity index (χ3v) is 7.88. The number of hydrogen-bond donors (Lipinski definition) is 0. The number of halogens is 1. The van der Waals surface area contributed by atoms with E-state index in [0.717, 1.165) is 41.5 Å². The molecule has 2 aliphatic heterocycles. The van der Waals surface area contributed by atoms with Crippen molar-refractivity contribution in [2.24, 2.45) is 0 Å². The van der Waals surface area contributed by atoms with Gasteiger partial charge in [-0.3, -0.25) is 9.69 Å². The first-order chi connectivity index (χ1) is 19.0. The van der Waals surface area contributed by atoms with Gasteiger partial charge in [-0.1, -0.05) is 60.1 Å². The summed E-state index contributed by atoms with van der Waals surface area (Å²) in [7, 11) is 1.62. The van der Waals surface area contributed by atoms with Crippen molar-refractivity contribution in [3.8, 4) is 5.75 Å². The molecule has 6 rings (SSSR count). The lowest BCUT2D eigenvalue weighted by atomic mass is 10.1. The molecule has 3 aromatic carbocycles. The Hall–Kier alpha value is -4.04. The molecule has 1 fully saturated rings. The number of aryl methyl sites for hydroxylation is 1. The van der Waals surface area contributed by atoms with Crippen LogP contribution in [0.15, 0.2) is 66.7 Å². The largest absolute Gasteiger partial charge is 0.420 e. The fourth-order valence-corrected chi connectivity index (χ4v) is 5.71. The molecule has 0 atom stereocenters. The van der Waals surface area contributed by atoms with E-state index in [2.05, 4.69) is 4.90 Å². The normalized spacial score (nSPS) is 15.2. The minimum absolute atomic E-state index is 0.116. The van der Waals surface area contributed by atoms with Crippen LogP contribution < -0.4 is 14.5 Å². The average molecular weight is 544 g/mol. The number of fused-ring (bicyclic) bond motifs is 2. The lowest BCUT2D eigenvalue weighted by Crippen LogP contribution is -2.49. The number of para-hydroxylation sites is 1. The molecular formula is C30H30ClN5O3. The van der Waals surface area contributed by atoms with Gasteiger partial charge in [0, 0.05) is 51.6 Å². The number of nitrogens with zero attached hydrogens (tertiary/aromatic N) is 5. The van der Waals surface area contributed by atoms with Gasteiger partial charge in [-0.25, -0.2) is 9.78 Å². The van der Waals surface area contributed by atoms with E-state index in [4.69, 9.17) is 21.3 Å². The topological polar surface area (TPSA) is 70.9 Å². The molecule has 3 heterocycles. The van der Waals surface area contributed by atoms with Crippen LogP contribution in [0.2, 0.25) is 5.02 Å². The molecule has 4 aromatic rings. The minimum Gasteiger partial charge on any atom is -0.409 e. The summed E-state index contributed by atoms with van der Waals surface area (Å²) in [6, 6.07) is 21.1. The number of piperazine rings is 1. The van der Waals surface area contributed by atoms with Gasteiger partial charge in [0.1, 0.15) is 11.6 Å². The van der Waals surface area contributed by atoms with Crippen molar-refractivity contribution < 1.29 is 14.3 Å². The number of carbonyl (C=O) groups is 2. The number of carbonyl (C=O) groups excluding carboxylic acids is 2. The van der Waals surface area contributed by atoms with Gasteiger partial charge in [-0.05, 0) is 36.4 Å². The zero-order chi connectivity index (χ0) is 26.9. The molecule has 0 aliphatic carbocycles. The summed E-state index contributed by atoms with van der Waals surface area (Å²) in [5, 5.41) is 2.53. The summed E-state index contributed by atoms with van der Waals surface area (Å²) in [5.41, 5.74) is 1.43. The highest BCUT2D eigenvalue weighted by molar-refractivity contribution is 6.33. The summed E-state index contributed by atoms with van der Waals surface area (Å²) in [4.78, 5) is 37.5. The Kier molecular flexibility index (Phi) is 6.87. The summed E-state index contributed by atoms with van der Waals surface area (Å²) in [5.74, 6) is 1.53. The van der Waals surface area contributed by atoms with Crippen molar-refractivity contribution in [3.05, 3.63) is 83.3 Å². The van der Waals surface area contributed by atoms with Gasteiger partial charge in [-0.15, -0.1) is 0 Å². The van der Waals surface area contributed by atoms with E-state index in [1.807, 2.05) is 70.1 Å². The van der Waals surface area contributed by atoms with Gasteiger partial charge in [0.05, 0.1) is 10.7 Å². The van der Waals surface area contributed by atoms with E-state index in [1.54, 1.807) is 13.1 Å². The Morgan fingerprint density at radius 2 is 1.64 bits per heavy atom. The molecule has 9 heteroatoms. The van der Waals surface area contributed by atoms with Crippen molar-refractivity contribution >= 4 is 45.9 Å². The number of hydrogen-bond acceptors (Lipinski definition) is 5. The van der Waals surface area contributed by atoms with E-state index in [0.29, 0.717) is 55.0 Å². The predicted molar refractivity (Wildman–Crippen MR) is 153 cm³/mol. The van der Waals surface area contributed by atoms with Gasteiger partial charge < -0.3 is 19.1 Å². The third-order valence-electron chi connectivity index (χ3n) is 7.56. The molecule has 2 amide bonds. The molecule has 2 aliphatic rings. The summed E-state index contributed by atoms with van der Waals surface area (Å²) in [6.07, 6.45) is 2.16. The second-order valence-corrected chi connectivity index (χ2v) is 10.4. The molecule has 200 valence electrons. The van der Waals surface area contributed by atoms with Crippen LogP contribution in [0.1, 0.15) is 29.2 Å². The fourth-order valence-electron chi connectivity index (χ4n) is 5.46. The smallest absolute Gasteiger partial charge is 0.409 e. The zero-order valence-corrected chi connectivity index (χ0v) is 22.6. The van der Waals surface area contributed by atoms with E-state index >= 15 is 0 Å². The number of benzene rings is 3. The Morgan fingerprint density at radius 3 is 2.46 bits per heavy atom. The monoisotopic (exact) mass is 543 g/mol. The summed E-state index contributed by atoms with van der Waals surface area (Å²) < 4.78 is 7.81. The van der Waals surface area contributed by atoms with E-state index in [-0.39, 0.29) is 5.91 Å². The molecule has 8 nitrogen and oxygen atoms in total. The Bertz CT molecular complexity index is 1540. The van der Waals surface area contributed by atoms with Crippen molar-refractivity contribution in [1.29, 1.82) is 0 Å². The van der Waals surface area contributed by atoms with E-state index in [9.17, 15) is 9.59 Å². The molecule has 0 saturated carbocycles. The number of amides is 2. The maximum absolute atomic E-state index is 14.0. The standard InChI is InChI=1S/C30H30ClN5O3/c1-33(30(38)39-25-14-8-10-21-9-2-3-11-22(21)25)28-27(36-16-7-6-15-26(36)32-28)29(37)35-19-17-34(18-20-35)24-13-5-4-12-23(24)31/h2-5,8-14H,6-7,15-20H2,1H3. The molecule has 0 N–H and O–H groups in total. The predicted octanol–water partition coefficient (Wildman–Crippen LogP) is 5.62. The SMILES string of the molecule is CN(C(=O)Oc1cccc2ccccc12)c1nc2n(c1C(=O)N1CCN(c3ccccc3Cl)CC1)CCCC2. The lowest BCUT2D eigenvalue weighted by Gasteiger charge is -2.36. The van der Waals surface area contributed by atoms with Gasteiger partial charge in [0.15, 0.2) is 11.5 Å². The third kappa shape index (κ3) is 4.81. The van der Waals surface area contributed by atoms with Gasteiger partial charge in [0.2, 0.25) is 0 Å². The number of rotatable bonds is 4. The highest BCUT2D eigenvalue weighted by Gasteiger charge is 2.33. The first-order valence-electron chi connectivity index (χ1n) is 13.3. The molecule has 0 unspecified atom stereocenters. The maximum atomic E-state index is 14.0. The fraction of sp³-hybridized carbons (Fsp3) is 0.300. The minimum atomic E-state index is -0.584. The Balaban J connectivity index is 1.25. The number of imidazole rings is 1. The number of ether oxygens (including phenoxy) is 1. The highest BCUT2D eigenvalue weighted by atomic mass is 35.5. The van der Waals surface area contributed by atoms with Crippen LogP contribution in [0.4, 0.5) is 16.3 Å². The molecule has 0 spiro atoms. The van der Waals surface area contributed by atoms with Crippen LogP contribution in [0.3, 0.4) is 0 Å². The number of aromatic nitrogens is 2. The highest BCUT2D eigenvalue weighted by Crippen LogP contribution is 2.31. The van der Waals surface area contributed by atoms with E-state index < -0.39 is 6.09 Å². The maximum Gasteiger partial charge on any atom is 0.420 e. The van der Waals surface area contributed by atoms with Gasteiger partial charge in [0.25, 0.3) is 5.91 Å². The second kappa shape index (κ2) is 10.6. The Morgan fingerprint density at radius 1 is 0.897 bits per heavy atom. The number of anilines is 2. The zero-order valence-electron chi connectivity index (χ0n) is 21.8. The van der Waals surface area contributed by atoms with Crippen molar-refractivity contribution in [2.45, 2.75) is 25.8 Å². The quantitative estimate of drug-likeness (QED) is 0.334. The molecule has 0 bridgehead atoms. The van der Waals surface area contributed by atoms with Crippen LogP contribution in [-0.4, -0.2) is 59.7 Å². The molecule has 1 saturated heterocycles. The van der Waals surface area contributed by atoms with E-state index in [1.165, 1.54) is 4.90 Å². The van der Waals surface area contributed by atoms with Crippen LogP contribution in [-0.2, 0) is 13.0 Å². The van der Waals surface area contributed by atoms with Crippen molar-refractivity contribution in [1.82, 2.24) is 14.5 Å². The van der Waals surface area contributed by atoms with Crippen LogP contribution in [0.5, 0.6) is 5.75 Å². The van der Waals surface area contributed by atoms with Crippen molar-refractivity contribution in [3.63, 3.8) is 0 Å². The van der Waals surface area contributed by atoms with Crippen molar-refractivity contribution in [2.75, 3.05) is 43.0 Å². The van der Waals surface area contributed by atoms with Crippen LogP contribution >= 0.6 is 11.6 Å². The molecule has 1 aromatic heterocycles. The Labute approximate surface area is 232 Å². The molecule has 0 radical (unpaired) electrons. The lowest BCUT2D eigenvalue weighted by molar-refractivity contribution is 0.0735. The first-order valence-corrected chi connectivity index (χ1v) is 13.7. The molecule has 39 heavy (non-hydrogen) atoms. The van der Waals surface area contributed by atoms with Crippen LogP contribution in [0, 0.1) is 0 Å². The average Bonchev–Trinajstić information content (AvgIpc) is 3.36. The summed E-state index contributed by atoms with van der Waals surface area (Å²) in [6.45, 7) is 3.15. The molecular weight excluding hydrogens is 514 g/mol. The van der Waals surface area contributed by atoms with Crippen LogP contribution in [0.25, 0.3) is 10.8 Å². The second-order valence-electron chi connectivity index (χ2n) is 9.94. The van der Waals surface area contributed by atoms with Gasteiger partial charge in [-0.2, -0.15) is 0 Å². The summed E-state index contributed by atoms with van der Waals surface area (Å²) >= 11 is 6.41. The first kappa shape index (κ1) is 25.2.